The highest BCUT2D eigenvalue weighted by atomic mass is 16.2. The van der Waals surface area contributed by atoms with E-state index in [4.69, 9.17) is 5.73 Å². The van der Waals surface area contributed by atoms with Crippen molar-refractivity contribution >= 4 is 17.4 Å². The minimum Gasteiger partial charge on any atom is -0.368 e. The zero-order valence-electron chi connectivity index (χ0n) is 12.1. The highest BCUT2D eigenvalue weighted by Crippen LogP contribution is 2.42. The number of nitrogens with zero attached hydrogens (tertiary/aromatic N) is 1. The van der Waals surface area contributed by atoms with Crippen LogP contribution in [0.2, 0.25) is 0 Å². The van der Waals surface area contributed by atoms with E-state index in [1.54, 1.807) is 6.20 Å². The van der Waals surface area contributed by atoms with Crippen molar-refractivity contribution < 1.29 is 9.59 Å². The maximum absolute atomic E-state index is 12.6. The summed E-state index contributed by atoms with van der Waals surface area (Å²) in [6, 6.07) is 9.16. The van der Waals surface area contributed by atoms with E-state index in [1.807, 2.05) is 51.1 Å². The lowest BCUT2D eigenvalue weighted by molar-refractivity contribution is -0.139. The third-order valence-corrected chi connectivity index (χ3v) is 3.85. The first-order chi connectivity index (χ1) is 9.39. The summed E-state index contributed by atoms with van der Waals surface area (Å²) in [5.41, 5.74) is 6.66. The Bertz CT molecular complexity index is 561. The molecule has 1 aromatic carbocycles. The highest BCUT2D eigenvalue weighted by Gasteiger charge is 2.44. The summed E-state index contributed by atoms with van der Waals surface area (Å²) in [6.45, 7) is 5.60. The van der Waals surface area contributed by atoms with Gasteiger partial charge in [0.25, 0.3) is 0 Å². The molecule has 0 spiro atoms. The number of rotatable bonds is 4. The summed E-state index contributed by atoms with van der Waals surface area (Å²) in [4.78, 5) is 25.6. The number of hydrogen-bond donors (Lipinski definition) is 1. The second kappa shape index (κ2) is 5.12. The van der Waals surface area contributed by atoms with E-state index in [1.165, 1.54) is 4.90 Å². The van der Waals surface area contributed by atoms with Crippen LogP contribution in [0.4, 0.5) is 0 Å². The van der Waals surface area contributed by atoms with Crippen LogP contribution >= 0.6 is 0 Å². The SMILES string of the molecule is CCC(C(N)=O)N1C=C(c2ccccc2)C(C)(C)C1=O. The lowest BCUT2D eigenvalue weighted by Gasteiger charge is -2.26. The summed E-state index contributed by atoms with van der Waals surface area (Å²) < 4.78 is 0. The third-order valence-electron chi connectivity index (χ3n) is 3.85. The van der Waals surface area contributed by atoms with Crippen molar-refractivity contribution in [2.24, 2.45) is 11.1 Å². The Morgan fingerprint density at radius 3 is 2.40 bits per heavy atom. The minimum atomic E-state index is -0.649. The van der Waals surface area contributed by atoms with Crippen LogP contribution in [0.5, 0.6) is 0 Å². The Labute approximate surface area is 119 Å². The van der Waals surface area contributed by atoms with Gasteiger partial charge in [-0.1, -0.05) is 37.3 Å². The number of carbonyl (C=O) groups excluding carboxylic acids is 2. The number of carbonyl (C=O) groups is 2. The number of nitrogens with two attached hydrogens (primary N) is 1. The van der Waals surface area contributed by atoms with E-state index in [0.29, 0.717) is 6.42 Å². The van der Waals surface area contributed by atoms with Crippen molar-refractivity contribution in [1.29, 1.82) is 0 Å². The maximum atomic E-state index is 12.6. The van der Waals surface area contributed by atoms with Gasteiger partial charge in [-0.2, -0.15) is 0 Å². The molecule has 1 aliphatic heterocycles. The number of amides is 2. The number of hydrogen-bond acceptors (Lipinski definition) is 2. The smallest absolute Gasteiger partial charge is 0.240 e. The largest absolute Gasteiger partial charge is 0.368 e. The first-order valence-corrected chi connectivity index (χ1v) is 6.79. The lowest BCUT2D eigenvalue weighted by Crippen LogP contribution is -2.45. The summed E-state index contributed by atoms with van der Waals surface area (Å²) in [6.07, 6.45) is 2.28. The first kappa shape index (κ1) is 14.3. The second-order valence-corrected chi connectivity index (χ2v) is 5.57. The molecule has 1 heterocycles. The standard InChI is InChI=1S/C16H20N2O2/c1-4-13(14(17)19)18-10-12(16(2,3)15(18)20)11-8-6-5-7-9-11/h5-10,13H,4H2,1-3H3,(H2,17,19). The van der Waals surface area contributed by atoms with Crippen LogP contribution in [0, 0.1) is 5.41 Å². The van der Waals surface area contributed by atoms with Crippen LogP contribution in [0.25, 0.3) is 5.57 Å². The molecule has 0 saturated carbocycles. The molecule has 0 aliphatic carbocycles. The van der Waals surface area contributed by atoms with Crippen molar-refractivity contribution in [3.8, 4) is 0 Å². The molecule has 106 valence electrons. The molecule has 2 rings (SSSR count). The predicted molar refractivity (Wildman–Crippen MR) is 78.3 cm³/mol. The Kier molecular flexibility index (Phi) is 3.66. The average molecular weight is 272 g/mol. The third kappa shape index (κ3) is 2.22. The molecule has 0 radical (unpaired) electrons. The lowest BCUT2D eigenvalue weighted by atomic mass is 9.82. The second-order valence-electron chi connectivity index (χ2n) is 5.57. The molecule has 4 heteroatoms. The van der Waals surface area contributed by atoms with Gasteiger partial charge in [0, 0.05) is 6.20 Å². The van der Waals surface area contributed by atoms with Crippen molar-refractivity contribution in [2.75, 3.05) is 0 Å². The minimum absolute atomic E-state index is 0.0815. The topological polar surface area (TPSA) is 63.4 Å². The normalized spacial score (nSPS) is 18.9. The Balaban J connectivity index is 2.46. The van der Waals surface area contributed by atoms with Gasteiger partial charge in [0.1, 0.15) is 6.04 Å². The van der Waals surface area contributed by atoms with E-state index in [-0.39, 0.29) is 5.91 Å². The molecule has 2 amide bonds. The Morgan fingerprint density at radius 1 is 1.30 bits per heavy atom. The van der Waals surface area contributed by atoms with E-state index in [9.17, 15) is 9.59 Å². The van der Waals surface area contributed by atoms with Crippen LogP contribution < -0.4 is 5.73 Å². The fraction of sp³-hybridized carbons (Fsp3) is 0.375. The molecule has 2 N–H and O–H groups in total. The van der Waals surface area contributed by atoms with E-state index >= 15 is 0 Å². The van der Waals surface area contributed by atoms with Gasteiger partial charge in [-0.25, -0.2) is 0 Å². The van der Waals surface area contributed by atoms with Crippen LogP contribution in [0.15, 0.2) is 36.5 Å². The Hall–Kier alpha value is -2.10. The van der Waals surface area contributed by atoms with Gasteiger partial charge in [-0.05, 0) is 31.4 Å². The molecule has 1 atom stereocenters. The first-order valence-electron chi connectivity index (χ1n) is 6.79. The molecule has 0 saturated heterocycles. The molecular weight excluding hydrogens is 252 g/mol. The van der Waals surface area contributed by atoms with Crippen LogP contribution in [-0.2, 0) is 9.59 Å². The molecule has 20 heavy (non-hydrogen) atoms. The zero-order chi connectivity index (χ0) is 14.9. The summed E-state index contributed by atoms with van der Waals surface area (Å²) in [5.74, 6) is -0.552. The van der Waals surface area contributed by atoms with Crippen molar-refractivity contribution in [1.82, 2.24) is 4.90 Å². The van der Waals surface area contributed by atoms with Crippen LogP contribution in [0.3, 0.4) is 0 Å². The molecule has 0 fully saturated rings. The quantitative estimate of drug-likeness (QED) is 0.913. The van der Waals surface area contributed by atoms with Gasteiger partial charge in [0.2, 0.25) is 11.8 Å². The van der Waals surface area contributed by atoms with Crippen molar-refractivity contribution in [3.05, 3.63) is 42.1 Å². The van der Waals surface area contributed by atoms with Gasteiger partial charge in [0.15, 0.2) is 0 Å². The zero-order valence-corrected chi connectivity index (χ0v) is 12.1. The van der Waals surface area contributed by atoms with E-state index in [0.717, 1.165) is 11.1 Å². The molecule has 1 aliphatic rings. The Morgan fingerprint density at radius 2 is 1.90 bits per heavy atom. The number of primary amides is 1. The van der Waals surface area contributed by atoms with E-state index < -0.39 is 17.4 Å². The van der Waals surface area contributed by atoms with Crippen LogP contribution in [0.1, 0.15) is 32.8 Å². The van der Waals surface area contributed by atoms with Gasteiger partial charge < -0.3 is 10.6 Å². The molecule has 0 aromatic heterocycles. The van der Waals surface area contributed by atoms with Gasteiger partial charge >= 0.3 is 0 Å². The van der Waals surface area contributed by atoms with Crippen LogP contribution in [-0.4, -0.2) is 22.8 Å². The monoisotopic (exact) mass is 272 g/mol. The number of benzene rings is 1. The fourth-order valence-electron chi connectivity index (χ4n) is 2.62. The van der Waals surface area contributed by atoms with Crippen molar-refractivity contribution in [2.45, 2.75) is 33.2 Å². The fourth-order valence-corrected chi connectivity index (χ4v) is 2.62. The summed E-state index contributed by atoms with van der Waals surface area (Å²) >= 11 is 0. The van der Waals surface area contributed by atoms with Crippen molar-refractivity contribution in [3.63, 3.8) is 0 Å². The van der Waals surface area contributed by atoms with Gasteiger partial charge in [-0.15, -0.1) is 0 Å². The molecule has 0 bridgehead atoms. The van der Waals surface area contributed by atoms with Gasteiger partial charge in [-0.3, -0.25) is 9.59 Å². The maximum Gasteiger partial charge on any atom is 0.240 e. The van der Waals surface area contributed by atoms with E-state index in [2.05, 4.69) is 0 Å². The summed E-state index contributed by atoms with van der Waals surface area (Å²) in [7, 11) is 0. The molecular formula is C16H20N2O2. The average Bonchev–Trinajstić information content (AvgIpc) is 2.64. The highest BCUT2D eigenvalue weighted by molar-refractivity contribution is 6.03. The molecule has 1 unspecified atom stereocenters. The summed E-state index contributed by atoms with van der Waals surface area (Å²) in [5, 5.41) is 0. The predicted octanol–water partition coefficient (Wildman–Crippen LogP) is 2.16. The van der Waals surface area contributed by atoms with Gasteiger partial charge in [0.05, 0.1) is 5.41 Å². The molecule has 4 nitrogen and oxygen atoms in total. The molecule has 1 aromatic rings.